The first-order chi connectivity index (χ1) is 13.3. The minimum atomic E-state index is -3.05. The van der Waals surface area contributed by atoms with Gasteiger partial charge in [-0.1, -0.05) is 12.1 Å². The molecule has 0 spiro atoms. The van der Waals surface area contributed by atoms with Gasteiger partial charge in [-0.25, -0.2) is 4.39 Å². The van der Waals surface area contributed by atoms with Crippen molar-refractivity contribution in [2.75, 3.05) is 7.11 Å². The maximum atomic E-state index is 13.5. The van der Waals surface area contributed by atoms with Gasteiger partial charge < -0.3 is 14.2 Å². The molecule has 150 valence electrons. The Morgan fingerprint density at radius 2 is 1.68 bits per heavy atom. The molecule has 0 saturated carbocycles. The third kappa shape index (κ3) is 5.53. The van der Waals surface area contributed by atoms with Gasteiger partial charge in [-0.05, 0) is 37.3 Å². The number of para-hydroxylation sites is 1. The summed E-state index contributed by atoms with van der Waals surface area (Å²) in [5.41, 5.74) is 4.28. The molecule has 28 heavy (non-hydrogen) atoms. The van der Waals surface area contributed by atoms with Gasteiger partial charge >= 0.3 is 6.61 Å². The first-order valence-corrected chi connectivity index (χ1v) is 7.96. The van der Waals surface area contributed by atoms with Crippen LogP contribution in [0.1, 0.15) is 17.3 Å². The molecule has 2 amide bonds. The highest BCUT2D eigenvalue weighted by Gasteiger charge is 2.18. The number of hydrogen-bond acceptors (Lipinski definition) is 5. The van der Waals surface area contributed by atoms with Crippen molar-refractivity contribution in [3.8, 4) is 17.2 Å². The number of methoxy groups -OCH3 is 1. The highest BCUT2D eigenvalue weighted by molar-refractivity contribution is 5.96. The molecule has 2 aromatic rings. The van der Waals surface area contributed by atoms with Crippen LogP contribution in [0, 0.1) is 5.82 Å². The third-order valence-electron chi connectivity index (χ3n) is 3.45. The molecular formula is C18H17F3N2O5. The van der Waals surface area contributed by atoms with Crippen LogP contribution in [-0.2, 0) is 4.79 Å². The molecule has 2 aromatic carbocycles. The van der Waals surface area contributed by atoms with Gasteiger partial charge in [0.1, 0.15) is 0 Å². The largest absolute Gasteiger partial charge is 0.493 e. The van der Waals surface area contributed by atoms with Gasteiger partial charge in [0.25, 0.3) is 11.8 Å². The first kappa shape index (κ1) is 20.9. The van der Waals surface area contributed by atoms with Crippen LogP contribution in [0.25, 0.3) is 0 Å². The number of nitrogens with one attached hydrogen (secondary N) is 2. The number of hydrogen-bond donors (Lipinski definition) is 2. The fourth-order valence-corrected chi connectivity index (χ4v) is 2.08. The van der Waals surface area contributed by atoms with Gasteiger partial charge in [0.15, 0.2) is 29.2 Å². The van der Waals surface area contributed by atoms with Crippen molar-refractivity contribution in [1.82, 2.24) is 10.9 Å². The fourth-order valence-electron chi connectivity index (χ4n) is 2.08. The molecule has 7 nitrogen and oxygen atoms in total. The van der Waals surface area contributed by atoms with E-state index in [1.807, 2.05) is 0 Å². The van der Waals surface area contributed by atoms with E-state index in [0.29, 0.717) is 0 Å². The van der Waals surface area contributed by atoms with Crippen molar-refractivity contribution in [2.24, 2.45) is 0 Å². The molecule has 0 heterocycles. The topological polar surface area (TPSA) is 85.9 Å². The number of carbonyl (C=O) groups excluding carboxylic acids is 2. The molecule has 0 unspecified atom stereocenters. The molecule has 0 aromatic heterocycles. The molecule has 1 atom stereocenters. The van der Waals surface area contributed by atoms with Gasteiger partial charge in [0.2, 0.25) is 0 Å². The predicted octanol–water partition coefficient (Wildman–Crippen LogP) is 2.66. The highest BCUT2D eigenvalue weighted by Crippen LogP contribution is 2.29. The number of carbonyl (C=O) groups is 2. The lowest BCUT2D eigenvalue weighted by Gasteiger charge is -2.16. The van der Waals surface area contributed by atoms with Crippen LogP contribution in [-0.4, -0.2) is 31.6 Å². The van der Waals surface area contributed by atoms with Crippen LogP contribution >= 0.6 is 0 Å². The van der Waals surface area contributed by atoms with Crippen LogP contribution in [0.2, 0.25) is 0 Å². The van der Waals surface area contributed by atoms with E-state index in [1.165, 1.54) is 44.4 Å². The van der Waals surface area contributed by atoms with Crippen LogP contribution in [0.3, 0.4) is 0 Å². The Kier molecular flexibility index (Phi) is 7.08. The quantitative estimate of drug-likeness (QED) is 0.701. The summed E-state index contributed by atoms with van der Waals surface area (Å²) in [4.78, 5) is 24.1. The van der Waals surface area contributed by atoms with E-state index in [1.54, 1.807) is 6.07 Å². The summed E-state index contributed by atoms with van der Waals surface area (Å²) in [6.45, 7) is -1.68. The maximum Gasteiger partial charge on any atom is 0.387 e. The third-order valence-corrected chi connectivity index (χ3v) is 3.45. The Bertz CT molecular complexity index is 848. The SMILES string of the molecule is COc1cc(C(=O)NNC(=O)[C@@H](C)Oc2ccccc2F)ccc1OC(F)F. The van der Waals surface area contributed by atoms with Crippen molar-refractivity contribution in [3.05, 3.63) is 53.8 Å². The number of rotatable bonds is 7. The van der Waals surface area contributed by atoms with Crippen LogP contribution < -0.4 is 25.1 Å². The number of hydrazine groups is 1. The lowest BCUT2D eigenvalue weighted by atomic mass is 10.2. The predicted molar refractivity (Wildman–Crippen MR) is 91.7 cm³/mol. The Hall–Kier alpha value is -3.43. The van der Waals surface area contributed by atoms with E-state index in [2.05, 4.69) is 15.6 Å². The summed E-state index contributed by atoms with van der Waals surface area (Å²) in [6, 6.07) is 9.05. The van der Waals surface area contributed by atoms with Gasteiger partial charge in [0.05, 0.1) is 7.11 Å². The zero-order valence-corrected chi connectivity index (χ0v) is 14.9. The Labute approximate surface area is 158 Å². The smallest absolute Gasteiger partial charge is 0.387 e. The summed E-state index contributed by atoms with van der Waals surface area (Å²) in [7, 11) is 1.22. The molecular weight excluding hydrogens is 381 g/mol. The molecule has 2 N–H and O–H groups in total. The summed E-state index contributed by atoms with van der Waals surface area (Å²) in [5, 5.41) is 0. The van der Waals surface area contributed by atoms with E-state index in [4.69, 9.17) is 9.47 Å². The molecule has 0 aliphatic rings. The monoisotopic (exact) mass is 398 g/mol. The van der Waals surface area contributed by atoms with Gasteiger partial charge in [-0.2, -0.15) is 8.78 Å². The van der Waals surface area contributed by atoms with Crippen LogP contribution in [0.5, 0.6) is 17.2 Å². The average Bonchev–Trinajstić information content (AvgIpc) is 2.67. The fraction of sp³-hybridized carbons (Fsp3) is 0.222. The summed E-state index contributed by atoms with van der Waals surface area (Å²) < 4.78 is 52.5. The second-order valence-electron chi connectivity index (χ2n) is 5.38. The molecule has 10 heteroatoms. The molecule has 0 aliphatic heterocycles. The van der Waals surface area contributed by atoms with E-state index in [-0.39, 0.29) is 22.8 Å². The standard InChI is InChI=1S/C18H17F3N2O5/c1-10(27-13-6-4-3-5-12(13)19)16(24)22-23-17(25)11-7-8-14(28-18(20)21)15(9-11)26-2/h3-10,18H,1-2H3,(H,22,24)(H,23,25)/t10-/m1/s1. The Balaban J connectivity index is 1.95. The zero-order valence-electron chi connectivity index (χ0n) is 14.9. The first-order valence-electron chi connectivity index (χ1n) is 7.96. The molecule has 2 rings (SSSR count). The Morgan fingerprint density at radius 1 is 0.964 bits per heavy atom. The number of alkyl halides is 2. The molecule has 0 aliphatic carbocycles. The Morgan fingerprint density at radius 3 is 2.32 bits per heavy atom. The van der Waals surface area contributed by atoms with E-state index < -0.39 is 30.3 Å². The molecule has 0 radical (unpaired) electrons. The zero-order chi connectivity index (χ0) is 20.7. The minimum absolute atomic E-state index is 0.0152. The van der Waals surface area contributed by atoms with Crippen molar-refractivity contribution in [2.45, 2.75) is 19.6 Å². The number of halogens is 3. The van der Waals surface area contributed by atoms with Crippen molar-refractivity contribution >= 4 is 11.8 Å². The minimum Gasteiger partial charge on any atom is -0.493 e. The van der Waals surface area contributed by atoms with E-state index >= 15 is 0 Å². The van der Waals surface area contributed by atoms with Crippen molar-refractivity contribution in [1.29, 1.82) is 0 Å². The normalized spacial score (nSPS) is 11.5. The molecule has 0 fully saturated rings. The number of ether oxygens (including phenoxy) is 3. The number of amides is 2. The molecule has 0 bridgehead atoms. The lowest BCUT2D eigenvalue weighted by molar-refractivity contribution is -0.128. The van der Waals surface area contributed by atoms with Gasteiger partial charge in [-0.15, -0.1) is 0 Å². The second kappa shape index (κ2) is 9.49. The van der Waals surface area contributed by atoms with E-state index in [9.17, 15) is 22.8 Å². The summed E-state index contributed by atoms with van der Waals surface area (Å²) >= 11 is 0. The lowest BCUT2D eigenvalue weighted by Crippen LogP contribution is -2.47. The average molecular weight is 398 g/mol. The van der Waals surface area contributed by atoms with Crippen LogP contribution in [0.15, 0.2) is 42.5 Å². The number of benzene rings is 2. The van der Waals surface area contributed by atoms with Crippen molar-refractivity contribution < 1.29 is 37.0 Å². The summed E-state index contributed by atoms with van der Waals surface area (Å²) in [5.74, 6) is -2.56. The van der Waals surface area contributed by atoms with Gasteiger partial charge in [0, 0.05) is 5.56 Å². The van der Waals surface area contributed by atoms with E-state index in [0.717, 1.165) is 6.07 Å². The highest BCUT2D eigenvalue weighted by atomic mass is 19.3. The van der Waals surface area contributed by atoms with Crippen molar-refractivity contribution in [3.63, 3.8) is 0 Å². The second-order valence-corrected chi connectivity index (χ2v) is 5.38. The molecule has 0 saturated heterocycles. The van der Waals surface area contributed by atoms with Gasteiger partial charge in [-0.3, -0.25) is 20.4 Å². The maximum absolute atomic E-state index is 13.5. The summed E-state index contributed by atoms with van der Waals surface area (Å²) in [6.07, 6.45) is -1.10. The van der Waals surface area contributed by atoms with Crippen LogP contribution in [0.4, 0.5) is 13.2 Å².